The van der Waals surface area contributed by atoms with Gasteiger partial charge >= 0.3 is 17.8 Å². The van der Waals surface area contributed by atoms with Crippen molar-refractivity contribution < 1.29 is 18.8 Å². The molecule has 1 aliphatic rings. The van der Waals surface area contributed by atoms with Gasteiger partial charge in [0.15, 0.2) is 0 Å². The fraction of sp³-hybridized carbons (Fsp3) is 0.200. The number of hydrogen-bond donors (Lipinski definition) is 0. The van der Waals surface area contributed by atoms with E-state index in [4.69, 9.17) is 9.68 Å². The maximum atomic E-state index is 11.7. The molecule has 0 bridgehead atoms. The number of urea groups is 1. The van der Waals surface area contributed by atoms with Gasteiger partial charge in [-0.25, -0.2) is 14.6 Å². The van der Waals surface area contributed by atoms with E-state index in [0.717, 1.165) is 4.90 Å². The molecule has 1 aromatic heterocycles. The molecule has 0 spiro atoms. The highest BCUT2D eigenvalue weighted by Gasteiger charge is 2.44. The van der Waals surface area contributed by atoms with E-state index in [1.54, 1.807) is 18.2 Å². The summed E-state index contributed by atoms with van der Waals surface area (Å²) in [6, 6.07) is 4.05. The first-order valence-electron chi connectivity index (χ1n) is 4.72. The Labute approximate surface area is 95.8 Å². The van der Waals surface area contributed by atoms with Crippen LogP contribution in [0, 0.1) is 11.3 Å². The summed E-state index contributed by atoms with van der Waals surface area (Å²) in [7, 11) is 0. The number of nitriles is 1. The van der Waals surface area contributed by atoms with Crippen molar-refractivity contribution in [3.8, 4) is 6.07 Å². The molecule has 1 saturated heterocycles. The van der Waals surface area contributed by atoms with Gasteiger partial charge in [-0.05, 0) is 12.1 Å². The van der Waals surface area contributed by atoms with Gasteiger partial charge in [0.05, 0.1) is 18.9 Å². The summed E-state index contributed by atoms with van der Waals surface area (Å²) in [5, 5.41) is 8.45. The first-order valence-corrected chi connectivity index (χ1v) is 4.72. The smallest absolute Gasteiger partial charge is 0.335 e. The molecule has 1 aliphatic heterocycles. The summed E-state index contributed by atoms with van der Waals surface area (Å²) in [5.41, 5.74) is 0. The first-order chi connectivity index (χ1) is 8.15. The van der Waals surface area contributed by atoms with E-state index >= 15 is 0 Å². The molecule has 4 amide bonds. The van der Waals surface area contributed by atoms with Crippen LogP contribution in [-0.4, -0.2) is 34.2 Å². The van der Waals surface area contributed by atoms with Crippen molar-refractivity contribution in [2.75, 3.05) is 6.54 Å². The zero-order valence-electron chi connectivity index (χ0n) is 8.62. The van der Waals surface area contributed by atoms with Crippen molar-refractivity contribution in [2.24, 2.45) is 0 Å². The second kappa shape index (κ2) is 4.09. The minimum atomic E-state index is -0.983. The Balaban J connectivity index is 2.19. The minimum absolute atomic E-state index is 0.113. The third kappa shape index (κ3) is 1.76. The van der Waals surface area contributed by atoms with Crippen LogP contribution in [-0.2, 0) is 16.1 Å². The molecule has 2 rings (SSSR count). The van der Waals surface area contributed by atoms with Crippen molar-refractivity contribution in [2.45, 2.75) is 6.54 Å². The number of hydrogen-bond acceptors (Lipinski definition) is 5. The van der Waals surface area contributed by atoms with Gasteiger partial charge in [-0.1, -0.05) is 0 Å². The van der Waals surface area contributed by atoms with Gasteiger partial charge in [-0.2, -0.15) is 5.26 Å². The van der Waals surface area contributed by atoms with Crippen molar-refractivity contribution in [1.82, 2.24) is 9.80 Å². The van der Waals surface area contributed by atoms with E-state index in [1.165, 1.54) is 6.26 Å². The Kier molecular flexibility index (Phi) is 2.62. The summed E-state index contributed by atoms with van der Waals surface area (Å²) >= 11 is 0. The van der Waals surface area contributed by atoms with Crippen molar-refractivity contribution >= 4 is 17.8 Å². The number of nitrogens with zero attached hydrogens (tertiary/aromatic N) is 3. The van der Waals surface area contributed by atoms with Gasteiger partial charge in [0.25, 0.3) is 0 Å². The van der Waals surface area contributed by atoms with E-state index < -0.39 is 24.4 Å². The molecule has 7 nitrogen and oxygen atoms in total. The highest BCUT2D eigenvalue weighted by Crippen LogP contribution is 2.15. The van der Waals surface area contributed by atoms with Gasteiger partial charge in [0.2, 0.25) is 0 Å². The average Bonchev–Trinajstić information content (AvgIpc) is 2.88. The number of amides is 4. The zero-order chi connectivity index (χ0) is 12.4. The normalized spacial score (nSPS) is 15.6. The predicted molar refractivity (Wildman–Crippen MR) is 52.0 cm³/mol. The molecule has 7 heteroatoms. The van der Waals surface area contributed by atoms with E-state index in [2.05, 4.69) is 0 Å². The number of carbonyl (C=O) groups excluding carboxylic acids is 3. The Morgan fingerprint density at radius 3 is 2.53 bits per heavy atom. The zero-order valence-corrected chi connectivity index (χ0v) is 8.62. The van der Waals surface area contributed by atoms with Gasteiger partial charge in [-0.15, -0.1) is 0 Å². The lowest BCUT2D eigenvalue weighted by Crippen LogP contribution is -2.33. The van der Waals surface area contributed by atoms with Crippen molar-refractivity contribution in [3.63, 3.8) is 0 Å². The molecular formula is C10H7N3O4. The average molecular weight is 233 g/mol. The predicted octanol–water partition coefficient (Wildman–Crippen LogP) is 0.0940. The van der Waals surface area contributed by atoms with E-state index in [9.17, 15) is 14.4 Å². The molecule has 0 N–H and O–H groups in total. The molecule has 1 fully saturated rings. The highest BCUT2D eigenvalue weighted by molar-refractivity contribution is 6.44. The topological polar surface area (TPSA) is 94.6 Å². The second-order valence-corrected chi connectivity index (χ2v) is 3.30. The Morgan fingerprint density at radius 1 is 1.24 bits per heavy atom. The highest BCUT2D eigenvalue weighted by atomic mass is 16.3. The van der Waals surface area contributed by atoms with Crippen LogP contribution in [0.25, 0.3) is 0 Å². The van der Waals surface area contributed by atoms with Gasteiger partial charge in [-0.3, -0.25) is 9.59 Å². The maximum absolute atomic E-state index is 11.7. The van der Waals surface area contributed by atoms with Gasteiger partial charge < -0.3 is 4.42 Å². The van der Waals surface area contributed by atoms with Crippen LogP contribution in [0.15, 0.2) is 22.8 Å². The molecule has 0 saturated carbocycles. The number of furan rings is 1. The van der Waals surface area contributed by atoms with Crippen LogP contribution in [0.2, 0.25) is 0 Å². The fourth-order valence-electron chi connectivity index (χ4n) is 1.46. The standard InChI is InChI=1S/C10H7N3O4/c11-3-4-12-8(14)9(15)13(10(12)16)6-7-2-1-5-17-7/h1-2,5H,4,6H2. The minimum Gasteiger partial charge on any atom is -0.467 e. The molecule has 86 valence electrons. The Morgan fingerprint density at radius 2 is 1.94 bits per heavy atom. The molecule has 17 heavy (non-hydrogen) atoms. The Bertz CT molecular complexity index is 514. The third-order valence-corrected chi connectivity index (χ3v) is 2.26. The lowest BCUT2D eigenvalue weighted by Gasteiger charge is -2.11. The van der Waals surface area contributed by atoms with Crippen LogP contribution >= 0.6 is 0 Å². The van der Waals surface area contributed by atoms with Crippen LogP contribution < -0.4 is 0 Å². The van der Waals surface area contributed by atoms with Crippen molar-refractivity contribution in [1.29, 1.82) is 5.26 Å². The molecule has 0 radical (unpaired) electrons. The van der Waals surface area contributed by atoms with Gasteiger partial charge in [0, 0.05) is 0 Å². The summed E-state index contributed by atoms with van der Waals surface area (Å²) in [4.78, 5) is 35.9. The maximum Gasteiger partial charge on any atom is 0.335 e. The second-order valence-electron chi connectivity index (χ2n) is 3.30. The molecule has 1 aromatic rings. The summed E-state index contributed by atoms with van der Waals surface area (Å²) in [6.45, 7) is -0.545. The van der Waals surface area contributed by atoms with Gasteiger partial charge in [0.1, 0.15) is 12.3 Å². The van der Waals surface area contributed by atoms with E-state index in [-0.39, 0.29) is 6.54 Å². The van der Waals surface area contributed by atoms with E-state index in [1.807, 2.05) is 0 Å². The molecule has 0 aliphatic carbocycles. The third-order valence-electron chi connectivity index (χ3n) is 2.26. The fourth-order valence-corrected chi connectivity index (χ4v) is 1.46. The van der Waals surface area contributed by atoms with Crippen molar-refractivity contribution in [3.05, 3.63) is 24.2 Å². The first kappa shape index (κ1) is 10.9. The summed E-state index contributed by atoms with van der Waals surface area (Å²) in [5.74, 6) is -1.54. The molecule has 0 unspecified atom stereocenters. The van der Waals surface area contributed by atoms with Crippen LogP contribution in [0.3, 0.4) is 0 Å². The van der Waals surface area contributed by atoms with Crippen LogP contribution in [0.5, 0.6) is 0 Å². The molecule has 2 heterocycles. The molecule has 0 atom stereocenters. The largest absolute Gasteiger partial charge is 0.467 e. The van der Waals surface area contributed by atoms with Crippen LogP contribution in [0.1, 0.15) is 5.76 Å². The number of rotatable bonds is 3. The number of imide groups is 2. The quantitative estimate of drug-likeness (QED) is 0.419. The molecular weight excluding hydrogens is 226 g/mol. The summed E-state index contributed by atoms with van der Waals surface area (Å²) < 4.78 is 4.98. The SMILES string of the molecule is N#CCN1C(=O)C(=O)N(Cc2ccco2)C1=O. The Hall–Kier alpha value is -2.62. The van der Waals surface area contributed by atoms with E-state index in [0.29, 0.717) is 10.7 Å². The number of carbonyl (C=O) groups is 3. The van der Waals surface area contributed by atoms with Crippen LogP contribution in [0.4, 0.5) is 4.79 Å². The summed E-state index contributed by atoms with van der Waals surface area (Å²) in [6.07, 6.45) is 1.40. The molecule has 0 aromatic carbocycles. The lowest BCUT2D eigenvalue weighted by molar-refractivity contribution is -0.143. The lowest BCUT2D eigenvalue weighted by atomic mass is 10.4. The monoisotopic (exact) mass is 233 g/mol.